The summed E-state index contributed by atoms with van der Waals surface area (Å²) in [6.45, 7) is 8.35. The van der Waals surface area contributed by atoms with Gasteiger partial charge >= 0.3 is 0 Å². The van der Waals surface area contributed by atoms with Gasteiger partial charge in [-0.15, -0.1) is 0 Å². The molecule has 1 unspecified atom stereocenters. The quantitative estimate of drug-likeness (QED) is 0.625. The summed E-state index contributed by atoms with van der Waals surface area (Å²) in [6.07, 6.45) is -0.595. The van der Waals surface area contributed by atoms with E-state index in [4.69, 9.17) is 26.8 Å². The predicted octanol–water partition coefficient (Wildman–Crippen LogP) is 3.08. The molecule has 0 aliphatic heterocycles. The topological polar surface area (TPSA) is 73.6 Å². The molecule has 0 saturated carbocycles. The lowest BCUT2D eigenvalue weighted by Gasteiger charge is -2.20. The third kappa shape index (κ3) is 6.80. The minimum absolute atomic E-state index is 0.216. The van der Waals surface area contributed by atoms with Gasteiger partial charge in [0.25, 0.3) is 5.91 Å². The lowest BCUT2D eigenvalue weighted by atomic mass is 10.2. The molecule has 0 aliphatic carbocycles. The second kappa shape index (κ2) is 7.64. The number of benzene rings is 1. The van der Waals surface area contributed by atoms with Crippen LogP contribution in [0.25, 0.3) is 0 Å². The number of carbonyl (C=O) groups is 1. The molecule has 0 aromatic heterocycles. The Morgan fingerprint density at radius 2 is 2.05 bits per heavy atom. The normalized spacial score (nSPS) is 13.0. The zero-order valence-corrected chi connectivity index (χ0v) is 13.7. The molecule has 3 N–H and O–H groups in total. The molecular formula is C15H23ClN2O3. The van der Waals surface area contributed by atoms with Crippen LogP contribution >= 0.6 is 11.6 Å². The lowest BCUT2D eigenvalue weighted by Crippen LogP contribution is -2.30. The Labute approximate surface area is 130 Å². The molecular weight excluding hydrogens is 292 g/mol. The molecule has 5 nitrogen and oxygen atoms in total. The number of nitrogen functional groups attached to an aromatic ring is 1. The first-order valence-electron chi connectivity index (χ1n) is 6.80. The van der Waals surface area contributed by atoms with Gasteiger partial charge in [-0.25, -0.2) is 0 Å². The molecule has 1 atom stereocenters. The van der Waals surface area contributed by atoms with Crippen LogP contribution in [0.2, 0.25) is 5.02 Å². The molecule has 0 radical (unpaired) electrons. The molecule has 0 bridgehead atoms. The Morgan fingerprint density at radius 1 is 1.38 bits per heavy atom. The van der Waals surface area contributed by atoms with E-state index in [-0.39, 0.29) is 11.5 Å². The second-order valence-electron chi connectivity index (χ2n) is 5.70. The van der Waals surface area contributed by atoms with Gasteiger partial charge in [0.05, 0.1) is 29.5 Å². The molecule has 0 saturated heterocycles. The number of rotatable bonds is 6. The van der Waals surface area contributed by atoms with Crippen molar-refractivity contribution < 1.29 is 14.3 Å². The van der Waals surface area contributed by atoms with Gasteiger partial charge in [-0.2, -0.15) is 0 Å². The van der Waals surface area contributed by atoms with Gasteiger partial charge in [-0.1, -0.05) is 11.6 Å². The second-order valence-corrected chi connectivity index (χ2v) is 6.11. The molecule has 118 valence electrons. The monoisotopic (exact) mass is 314 g/mol. The lowest BCUT2D eigenvalue weighted by molar-refractivity contribution is -0.128. The van der Waals surface area contributed by atoms with Crippen LogP contribution in [0.4, 0.5) is 11.4 Å². The van der Waals surface area contributed by atoms with E-state index >= 15 is 0 Å². The van der Waals surface area contributed by atoms with Crippen LogP contribution in [-0.4, -0.2) is 30.8 Å². The van der Waals surface area contributed by atoms with Gasteiger partial charge in [-0.05, 0) is 45.9 Å². The van der Waals surface area contributed by atoms with Crippen LogP contribution < -0.4 is 11.1 Å². The van der Waals surface area contributed by atoms with E-state index < -0.39 is 6.10 Å². The highest BCUT2D eigenvalue weighted by Gasteiger charge is 2.16. The van der Waals surface area contributed by atoms with Gasteiger partial charge in [0.15, 0.2) is 0 Å². The van der Waals surface area contributed by atoms with E-state index in [1.54, 1.807) is 25.1 Å². The molecule has 1 aromatic carbocycles. The summed E-state index contributed by atoms with van der Waals surface area (Å²) in [5.74, 6) is -0.266. The van der Waals surface area contributed by atoms with Crippen molar-refractivity contribution in [2.24, 2.45) is 0 Å². The fourth-order valence-electron chi connectivity index (χ4n) is 1.52. The molecule has 0 spiro atoms. The first-order valence-corrected chi connectivity index (χ1v) is 7.18. The summed E-state index contributed by atoms with van der Waals surface area (Å²) < 4.78 is 10.9. The summed E-state index contributed by atoms with van der Waals surface area (Å²) in [7, 11) is 0. The van der Waals surface area contributed by atoms with Gasteiger partial charge < -0.3 is 20.5 Å². The van der Waals surface area contributed by atoms with Crippen LogP contribution in [0, 0.1) is 0 Å². The molecule has 6 heteroatoms. The fraction of sp³-hybridized carbons (Fsp3) is 0.533. The maximum atomic E-state index is 12.0. The highest BCUT2D eigenvalue weighted by Crippen LogP contribution is 2.24. The van der Waals surface area contributed by atoms with Gasteiger partial charge in [0.1, 0.15) is 6.10 Å². The number of nitrogens with two attached hydrogens (primary N) is 1. The van der Waals surface area contributed by atoms with Crippen LogP contribution in [0.15, 0.2) is 18.2 Å². The van der Waals surface area contributed by atoms with E-state index in [1.165, 1.54) is 0 Å². The minimum atomic E-state index is -0.595. The van der Waals surface area contributed by atoms with Gasteiger partial charge in [0, 0.05) is 5.69 Å². The Balaban J connectivity index is 2.41. The third-order valence-electron chi connectivity index (χ3n) is 2.61. The van der Waals surface area contributed by atoms with Crippen molar-refractivity contribution in [3.63, 3.8) is 0 Å². The van der Waals surface area contributed by atoms with Crippen molar-refractivity contribution in [3.05, 3.63) is 23.2 Å². The number of halogens is 1. The molecule has 1 amide bonds. The highest BCUT2D eigenvalue weighted by molar-refractivity contribution is 6.34. The molecule has 0 aliphatic rings. The summed E-state index contributed by atoms with van der Waals surface area (Å²) >= 11 is 6.00. The Morgan fingerprint density at radius 3 is 2.62 bits per heavy atom. The first-order chi connectivity index (χ1) is 9.69. The minimum Gasteiger partial charge on any atom is -0.399 e. The summed E-state index contributed by atoms with van der Waals surface area (Å²) in [6, 6.07) is 4.91. The third-order valence-corrected chi connectivity index (χ3v) is 2.92. The number of hydrogen-bond acceptors (Lipinski definition) is 4. The average Bonchev–Trinajstić information content (AvgIpc) is 2.36. The fourth-order valence-corrected chi connectivity index (χ4v) is 1.75. The van der Waals surface area contributed by atoms with Crippen LogP contribution in [0.1, 0.15) is 27.7 Å². The number of anilines is 2. The van der Waals surface area contributed by atoms with Crippen molar-refractivity contribution in [2.45, 2.75) is 39.4 Å². The van der Waals surface area contributed by atoms with E-state index in [2.05, 4.69) is 5.32 Å². The largest absolute Gasteiger partial charge is 0.399 e. The number of hydrogen-bond donors (Lipinski definition) is 2. The van der Waals surface area contributed by atoms with Gasteiger partial charge in [0.2, 0.25) is 0 Å². The number of carbonyl (C=O) groups excluding carboxylic acids is 1. The SMILES string of the molecule is CC(OCCOC(C)(C)C)C(=O)Nc1ccc(N)cc1Cl. The van der Waals surface area contributed by atoms with Crippen LogP contribution in [-0.2, 0) is 14.3 Å². The van der Waals surface area contributed by atoms with Crippen molar-refractivity contribution in [3.8, 4) is 0 Å². The van der Waals surface area contributed by atoms with Crippen molar-refractivity contribution >= 4 is 28.9 Å². The van der Waals surface area contributed by atoms with Crippen molar-refractivity contribution in [1.29, 1.82) is 0 Å². The first kappa shape index (κ1) is 17.8. The predicted molar refractivity (Wildman–Crippen MR) is 85.6 cm³/mol. The van der Waals surface area contributed by atoms with E-state index in [9.17, 15) is 4.79 Å². The zero-order valence-electron chi connectivity index (χ0n) is 12.9. The average molecular weight is 315 g/mol. The molecule has 0 heterocycles. The number of ether oxygens (including phenoxy) is 2. The summed E-state index contributed by atoms with van der Waals surface area (Å²) in [5, 5.41) is 3.10. The Kier molecular flexibility index (Phi) is 6.45. The van der Waals surface area contributed by atoms with E-state index in [1.807, 2.05) is 20.8 Å². The van der Waals surface area contributed by atoms with Crippen molar-refractivity contribution in [1.82, 2.24) is 0 Å². The maximum Gasteiger partial charge on any atom is 0.253 e. The van der Waals surface area contributed by atoms with Crippen molar-refractivity contribution in [2.75, 3.05) is 24.3 Å². The zero-order chi connectivity index (χ0) is 16.0. The molecule has 1 aromatic rings. The van der Waals surface area contributed by atoms with Crippen LogP contribution in [0.3, 0.4) is 0 Å². The smallest absolute Gasteiger partial charge is 0.253 e. The Bertz CT molecular complexity index is 486. The van der Waals surface area contributed by atoms with Crippen LogP contribution in [0.5, 0.6) is 0 Å². The van der Waals surface area contributed by atoms with Gasteiger partial charge in [-0.3, -0.25) is 4.79 Å². The molecule has 0 fully saturated rings. The standard InChI is InChI=1S/C15H23ClN2O3/c1-10(20-7-8-21-15(2,3)4)14(19)18-13-6-5-11(17)9-12(13)16/h5-6,9-10H,7-8,17H2,1-4H3,(H,18,19). The summed E-state index contributed by atoms with van der Waals surface area (Å²) in [4.78, 5) is 12.0. The van der Waals surface area contributed by atoms with E-state index in [0.29, 0.717) is 29.6 Å². The molecule has 1 rings (SSSR count). The Hall–Kier alpha value is -1.30. The molecule has 21 heavy (non-hydrogen) atoms. The number of amides is 1. The number of nitrogens with one attached hydrogen (secondary N) is 1. The van der Waals surface area contributed by atoms with E-state index in [0.717, 1.165) is 0 Å². The highest BCUT2D eigenvalue weighted by atomic mass is 35.5. The maximum absolute atomic E-state index is 12.0. The summed E-state index contributed by atoms with van der Waals surface area (Å²) in [5.41, 5.74) is 6.44.